The lowest BCUT2D eigenvalue weighted by atomic mass is 9.48. The summed E-state index contributed by atoms with van der Waals surface area (Å²) in [6, 6.07) is 8.29. The van der Waals surface area contributed by atoms with E-state index in [-0.39, 0.29) is 23.0 Å². The van der Waals surface area contributed by atoms with Gasteiger partial charge in [-0.2, -0.15) is 0 Å². The van der Waals surface area contributed by atoms with Gasteiger partial charge in [-0.25, -0.2) is 4.98 Å². The first-order valence-corrected chi connectivity index (χ1v) is 14.3. The molecule has 0 bridgehead atoms. The molecular weight excluding hydrogens is 460 g/mol. The highest BCUT2D eigenvalue weighted by atomic mass is 16.5. The zero-order chi connectivity index (χ0) is 25.6. The largest absolute Gasteiger partial charge is 0.494 e. The number of hydrogen-bond donors (Lipinski definition) is 2. The SMILES string of the molecule is C[C@]12CC[C@H]3[C@@H](CC=C4C[C@@H](O)CC[C@@]43C)[C@@H]1C/C(=C/c1cccc(OCCCn3ccnc3)c1)[C@@H]2O. The Balaban J connectivity index is 1.16. The Bertz CT molecular complexity index is 1170. The molecule has 0 radical (unpaired) electrons. The first kappa shape index (κ1) is 24.9. The Hall–Kier alpha value is -2.37. The minimum Gasteiger partial charge on any atom is -0.494 e. The number of nitrogens with zero attached hydrogens (tertiary/aromatic N) is 2. The first-order valence-electron chi connectivity index (χ1n) is 14.3. The molecule has 0 saturated heterocycles. The number of allylic oxidation sites excluding steroid dienone is 1. The maximum Gasteiger partial charge on any atom is 0.119 e. The van der Waals surface area contributed by atoms with Crippen LogP contribution in [0.15, 0.2) is 60.2 Å². The van der Waals surface area contributed by atoms with E-state index in [2.05, 4.69) is 53.7 Å². The molecule has 2 aromatic rings. The molecule has 0 amide bonds. The number of hydrogen-bond acceptors (Lipinski definition) is 4. The van der Waals surface area contributed by atoms with Gasteiger partial charge in [0.25, 0.3) is 0 Å². The lowest BCUT2D eigenvalue weighted by molar-refractivity contribution is -0.0685. The molecule has 1 aromatic heterocycles. The fraction of sp³-hybridized carbons (Fsp3) is 0.594. The number of aromatic nitrogens is 2. The van der Waals surface area contributed by atoms with E-state index in [0.29, 0.717) is 24.4 Å². The number of aliphatic hydroxyl groups is 2. The van der Waals surface area contributed by atoms with Crippen LogP contribution in [0.5, 0.6) is 5.75 Å². The highest BCUT2D eigenvalue weighted by molar-refractivity contribution is 5.57. The third-order valence-corrected chi connectivity index (χ3v) is 10.5. The van der Waals surface area contributed by atoms with Crippen LogP contribution in [0.1, 0.15) is 70.8 Å². The van der Waals surface area contributed by atoms with Gasteiger partial charge in [0.05, 0.1) is 25.1 Å². The molecule has 7 atom stereocenters. The van der Waals surface area contributed by atoms with E-state index in [0.717, 1.165) is 62.8 Å². The maximum absolute atomic E-state index is 11.6. The van der Waals surface area contributed by atoms with Crippen LogP contribution in [-0.4, -0.2) is 38.6 Å². The van der Waals surface area contributed by atoms with Crippen molar-refractivity contribution in [3.63, 3.8) is 0 Å². The molecule has 37 heavy (non-hydrogen) atoms. The number of aliphatic hydroxyl groups excluding tert-OH is 2. The third-order valence-electron chi connectivity index (χ3n) is 10.5. The Morgan fingerprint density at radius 2 is 2.03 bits per heavy atom. The molecule has 4 aliphatic rings. The molecule has 2 N–H and O–H groups in total. The number of fused-ring (bicyclic) bond motifs is 5. The quantitative estimate of drug-likeness (QED) is 0.374. The Labute approximate surface area is 221 Å². The van der Waals surface area contributed by atoms with Crippen molar-refractivity contribution in [1.29, 1.82) is 0 Å². The van der Waals surface area contributed by atoms with Crippen molar-refractivity contribution in [2.24, 2.45) is 28.6 Å². The molecule has 5 heteroatoms. The molecule has 3 saturated carbocycles. The summed E-state index contributed by atoms with van der Waals surface area (Å²) in [6.07, 6.45) is 17.9. The van der Waals surface area contributed by atoms with Gasteiger partial charge < -0.3 is 19.5 Å². The average molecular weight is 503 g/mol. The number of benzene rings is 1. The smallest absolute Gasteiger partial charge is 0.119 e. The van der Waals surface area contributed by atoms with Crippen molar-refractivity contribution < 1.29 is 14.9 Å². The molecule has 0 unspecified atom stereocenters. The predicted molar refractivity (Wildman–Crippen MR) is 146 cm³/mol. The van der Waals surface area contributed by atoms with Crippen molar-refractivity contribution in [3.05, 3.63) is 65.8 Å². The summed E-state index contributed by atoms with van der Waals surface area (Å²) < 4.78 is 8.11. The first-order chi connectivity index (χ1) is 17.9. The minimum absolute atomic E-state index is 0.0513. The topological polar surface area (TPSA) is 67.5 Å². The van der Waals surface area contributed by atoms with Gasteiger partial charge in [0, 0.05) is 24.4 Å². The monoisotopic (exact) mass is 502 g/mol. The van der Waals surface area contributed by atoms with Crippen molar-refractivity contribution in [3.8, 4) is 5.75 Å². The van der Waals surface area contributed by atoms with E-state index < -0.39 is 0 Å². The second kappa shape index (κ2) is 9.74. The third kappa shape index (κ3) is 4.48. The molecule has 198 valence electrons. The van der Waals surface area contributed by atoms with E-state index in [4.69, 9.17) is 4.74 Å². The van der Waals surface area contributed by atoms with Crippen LogP contribution in [0.4, 0.5) is 0 Å². The number of rotatable bonds is 6. The summed E-state index contributed by atoms with van der Waals surface area (Å²) in [5, 5.41) is 21.9. The van der Waals surface area contributed by atoms with E-state index >= 15 is 0 Å². The van der Waals surface area contributed by atoms with E-state index in [9.17, 15) is 10.2 Å². The van der Waals surface area contributed by atoms with E-state index in [1.807, 2.05) is 18.6 Å². The van der Waals surface area contributed by atoms with E-state index in [1.54, 1.807) is 6.20 Å². The summed E-state index contributed by atoms with van der Waals surface area (Å²) in [4.78, 5) is 4.09. The summed E-state index contributed by atoms with van der Waals surface area (Å²) in [6.45, 7) is 6.36. The lowest BCUT2D eigenvalue weighted by Crippen LogP contribution is -2.51. The van der Waals surface area contributed by atoms with Gasteiger partial charge in [0.1, 0.15) is 5.75 Å². The van der Waals surface area contributed by atoms with Crippen LogP contribution < -0.4 is 4.74 Å². The maximum atomic E-state index is 11.6. The molecule has 6 rings (SSSR count). The van der Waals surface area contributed by atoms with Gasteiger partial charge in [0.15, 0.2) is 0 Å². The number of imidazole rings is 1. The molecule has 0 aliphatic heterocycles. The Morgan fingerprint density at radius 3 is 2.86 bits per heavy atom. The molecule has 5 nitrogen and oxygen atoms in total. The molecule has 1 heterocycles. The summed E-state index contributed by atoms with van der Waals surface area (Å²) in [5.74, 6) is 2.68. The van der Waals surface area contributed by atoms with Gasteiger partial charge in [-0.3, -0.25) is 0 Å². The van der Waals surface area contributed by atoms with Crippen LogP contribution in [0.2, 0.25) is 0 Å². The molecule has 4 aliphatic carbocycles. The molecular formula is C32H42N2O3. The predicted octanol–water partition coefficient (Wildman–Crippen LogP) is 6.03. The van der Waals surface area contributed by atoms with Crippen LogP contribution in [0.25, 0.3) is 6.08 Å². The molecule has 3 fully saturated rings. The lowest BCUT2D eigenvalue weighted by Gasteiger charge is -2.57. The minimum atomic E-state index is -0.385. The van der Waals surface area contributed by atoms with E-state index in [1.165, 1.54) is 17.6 Å². The number of aryl methyl sites for hydroxylation is 1. The summed E-state index contributed by atoms with van der Waals surface area (Å²) >= 11 is 0. The zero-order valence-electron chi connectivity index (χ0n) is 22.4. The second-order valence-corrected chi connectivity index (χ2v) is 12.6. The standard InChI is InChI=1S/C32H42N2O3/c1-31-11-9-25(35)20-24(31)7-8-27-28(31)10-12-32(2)29(27)19-23(30(32)36)17-22-5-3-6-26(18-22)37-16-4-14-34-15-13-33-21-34/h3,5-7,13,15,17-18,21,25,27-30,35-36H,4,8-12,14,16,19-20H2,1-2H3/b23-17-/t25-,27+,28-,29-,30-,31-,32-/m0/s1. The van der Waals surface area contributed by atoms with Crippen molar-refractivity contribution in [2.75, 3.05) is 6.61 Å². The van der Waals surface area contributed by atoms with Crippen LogP contribution in [0, 0.1) is 28.6 Å². The Kier molecular flexibility index (Phi) is 6.57. The van der Waals surface area contributed by atoms with Crippen LogP contribution >= 0.6 is 0 Å². The van der Waals surface area contributed by atoms with Crippen molar-refractivity contribution in [1.82, 2.24) is 9.55 Å². The van der Waals surface area contributed by atoms with Crippen molar-refractivity contribution in [2.45, 2.75) is 84.0 Å². The van der Waals surface area contributed by atoms with Gasteiger partial charge >= 0.3 is 0 Å². The zero-order valence-corrected chi connectivity index (χ0v) is 22.4. The summed E-state index contributed by atoms with van der Waals surface area (Å²) in [5.41, 5.74) is 3.98. The number of ether oxygens (including phenoxy) is 1. The normalized spacial score (nSPS) is 38.0. The summed E-state index contributed by atoms with van der Waals surface area (Å²) in [7, 11) is 0. The van der Waals surface area contributed by atoms with Gasteiger partial charge in [0.2, 0.25) is 0 Å². The fourth-order valence-electron chi connectivity index (χ4n) is 8.40. The molecule has 1 aromatic carbocycles. The molecule has 0 spiro atoms. The van der Waals surface area contributed by atoms with Gasteiger partial charge in [-0.15, -0.1) is 0 Å². The van der Waals surface area contributed by atoms with Crippen molar-refractivity contribution >= 4 is 6.08 Å². The highest BCUT2D eigenvalue weighted by Gasteiger charge is 2.59. The van der Waals surface area contributed by atoms with Crippen LogP contribution in [-0.2, 0) is 6.54 Å². The highest BCUT2D eigenvalue weighted by Crippen LogP contribution is 2.65. The fourth-order valence-corrected chi connectivity index (χ4v) is 8.40. The average Bonchev–Trinajstić information content (AvgIpc) is 3.49. The second-order valence-electron chi connectivity index (χ2n) is 12.6. The Morgan fingerprint density at radius 1 is 1.14 bits per heavy atom. The van der Waals surface area contributed by atoms with Gasteiger partial charge in [-0.05, 0) is 97.8 Å². The van der Waals surface area contributed by atoms with Gasteiger partial charge in [-0.1, -0.05) is 43.7 Å². The van der Waals surface area contributed by atoms with Crippen LogP contribution in [0.3, 0.4) is 0 Å².